The van der Waals surface area contributed by atoms with Crippen molar-refractivity contribution in [1.82, 2.24) is 10.2 Å². The van der Waals surface area contributed by atoms with Gasteiger partial charge in [-0.25, -0.2) is 0 Å². The van der Waals surface area contributed by atoms with E-state index in [-0.39, 0.29) is 0 Å². The smallest absolute Gasteiger partial charge is 0.0409 e. The van der Waals surface area contributed by atoms with Crippen molar-refractivity contribution in [2.75, 3.05) is 45.2 Å². The van der Waals surface area contributed by atoms with E-state index in [9.17, 15) is 0 Å². The average Bonchev–Trinajstić information content (AvgIpc) is 2.32. The fourth-order valence-corrected chi connectivity index (χ4v) is 2.33. The zero-order valence-corrected chi connectivity index (χ0v) is 11.2. The Morgan fingerprint density at radius 3 is 2.59 bits per heavy atom. The Bertz CT molecular complexity index is 368. The molecule has 1 aliphatic rings. The molecule has 0 bridgehead atoms. The molecule has 0 saturated carbocycles. The molecule has 0 amide bonds. The lowest BCUT2D eigenvalue weighted by molar-refractivity contribution is 0.233. The fraction of sp³-hybridized carbons (Fsp3) is 0.571. The van der Waals surface area contributed by atoms with Crippen molar-refractivity contribution in [2.45, 2.75) is 13.5 Å². The lowest BCUT2D eigenvalue weighted by Crippen LogP contribution is -2.43. The number of hydrogen-bond donors (Lipinski definition) is 1. The second-order valence-electron chi connectivity index (χ2n) is 5.05. The largest absolute Gasteiger partial charge is 0.377 e. The molecule has 0 atom stereocenters. The molecule has 0 radical (unpaired) electrons. The van der Waals surface area contributed by atoms with E-state index in [1.54, 1.807) is 0 Å². The van der Waals surface area contributed by atoms with Crippen molar-refractivity contribution in [3.63, 3.8) is 0 Å². The lowest BCUT2D eigenvalue weighted by atomic mass is 10.1. The molecular weight excluding hydrogens is 210 g/mol. The van der Waals surface area contributed by atoms with Crippen LogP contribution in [0.5, 0.6) is 0 Å². The van der Waals surface area contributed by atoms with Crippen molar-refractivity contribution in [3.05, 3.63) is 29.3 Å². The molecule has 3 heteroatoms. The Morgan fingerprint density at radius 2 is 1.94 bits per heavy atom. The third kappa shape index (κ3) is 3.20. The van der Waals surface area contributed by atoms with Crippen molar-refractivity contribution < 1.29 is 0 Å². The molecule has 0 aliphatic carbocycles. The molecule has 1 fully saturated rings. The van der Waals surface area contributed by atoms with Crippen molar-refractivity contribution in [1.29, 1.82) is 0 Å². The summed E-state index contributed by atoms with van der Waals surface area (Å²) in [6, 6.07) is 6.76. The van der Waals surface area contributed by atoms with E-state index in [2.05, 4.69) is 54.3 Å². The maximum Gasteiger partial charge on any atom is 0.0409 e. The Morgan fingerprint density at radius 1 is 1.24 bits per heavy atom. The van der Waals surface area contributed by atoms with Crippen molar-refractivity contribution >= 4 is 5.69 Å². The maximum atomic E-state index is 3.39. The average molecular weight is 233 g/mol. The summed E-state index contributed by atoms with van der Waals surface area (Å²) in [5, 5.41) is 3.39. The SMILES string of the molecule is Cc1ccc(CN2CCNCC2)c(N(C)C)c1. The summed E-state index contributed by atoms with van der Waals surface area (Å²) in [7, 11) is 4.24. The molecule has 1 saturated heterocycles. The molecule has 1 aromatic carbocycles. The zero-order chi connectivity index (χ0) is 12.3. The van der Waals surface area contributed by atoms with E-state index in [1.807, 2.05) is 0 Å². The standard InChI is InChI=1S/C14H23N3/c1-12-4-5-13(14(10-12)16(2)3)11-17-8-6-15-7-9-17/h4-5,10,15H,6-9,11H2,1-3H3. The molecule has 0 aromatic heterocycles. The van der Waals surface area contributed by atoms with Crippen LogP contribution in [0.15, 0.2) is 18.2 Å². The summed E-state index contributed by atoms with van der Waals surface area (Å²) >= 11 is 0. The van der Waals surface area contributed by atoms with Gasteiger partial charge in [0, 0.05) is 52.5 Å². The van der Waals surface area contributed by atoms with E-state index in [1.165, 1.54) is 16.8 Å². The minimum absolute atomic E-state index is 1.06. The van der Waals surface area contributed by atoms with Crippen LogP contribution in [0.1, 0.15) is 11.1 Å². The predicted molar refractivity (Wildman–Crippen MR) is 73.7 cm³/mol. The predicted octanol–water partition coefficient (Wildman–Crippen LogP) is 1.47. The molecule has 1 N–H and O–H groups in total. The highest BCUT2D eigenvalue weighted by atomic mass is 15.2. The first-order valence-corrected chi connectivity index (χ1v) is 6.37. The number of piperazine rings is 1. The van der Waals surface area contributed by atoms with E-state index in [0.29, 0.717) is 0 Å². The van der Waals surface area contributed by atoms with Gasteiger partial charge in [0.05, 0.1) is 0 Å². The van der Waals surface area contributed by atoms with E-state index in [0.717, 1.165) is 32.7 Å². The van der Waals surface area contributed by atoms with Crippen LogP contribution in [0.2, 0.25) is 0 Å². The maximum absolute atomic E-state index is 3.39. The third-order valence-electron chi connectivity index (χ3n) is 3.33. The van der Waals surface area contributed by atoms with Crippen molar-refractivity contribution in [2.24, 2.45) is 0 Å². The summed E-state index contributed by atoms with van der Waals surface area (Å²) in [6.45, 7) is 7.75. The van der Waals surface area contributed by atoms with E-state index in [4.69, 9.17) is 0 Å². The number of anilines is 1. The van der Waals surface area contributed by atoms with Gasteiger partial charge in [-0.15, -0.1) is 0 Å². The van der Waals surface area contributed by atoms with Gasteiger partial charge in [-0.05, 0) is 24.1 Å². The first-order valence-electron chi connectivity index (χ1n) is 6.37. The molecule has 94 valence electrons. The summed E-state index contributed by atoms with van der Waals surface area (Å²) in [5.41, 5.74) is 4.11. The van der Waals surface area contributed by atoms with Crippen LogP contribution in [0.3, 0.4) is 0 Å². The van der Waals surface area contributed by atoms with Crippen LogP contribution >= 0.6 is 0 Å². The van der Waals surface area contributed by atoms with E-state index >= 15 is 0 Å². The molecule has 1 aromatic rings. The van der Waals surface area contributed by atoms with E-state index < -0.39 is 0 Å². The van der Waals surface area contributed by atoms with Crippen LogP contribution in [-0.4, -0.2) is 45.2 Å². The van der Waals surface area contributed by atoms with Crippen LogP contribution in [0.4, 0.5) is 5.69 Å². The highest BCUT2D eigenvalue weighted by Crippen LogP contribution is 2.22. The first-order chi connectivity index (χ1) is 8.16. The van der Waals surface area contributed by atoms with Gasteiger partial charge in [0.25, 0.3) is 0 Å². The van der Waals surface area contributed by atoms with Crippen LogP contribution < -0.4 is 10.2 Å². The molecule has 0 spiro atoms. The first kappa shape index (κ1) is 12.4. The monoisotopic (exact) mass is 233 g/mol. The van der Waals surface area contributed by atoms with Gasteiger partial charge in [0.1, 0.15) is 0 Å². The van der Waals surface area contributed by atoms with Crippen LogP contribution in [-0.2, 0) is 6.54 Å². The third-order valence-corrected chi connectivity index (χ3v) is 3.33. The van der Waals surface area contributed by atoms with Gasteiger partial charge in [-0.1, -0.05) is 12.1 Å². The topological polar surface area (TPSA) is 18.5 Å². The summed E-state index contributed by atoms with van der Waals surface area (Å²) in [5.74, 6) is 0. The number of benzene rings is 1. The van der Waals surface area contributed by atoms with Gasteiger partial charge in [-0.2, -0.15) is 0 Å². The lowest BCUT2D eigenvalue weighted by Gasteiger charge is -2.29. The highest BCUT2D eigenvalue weighted by Gasteiger charge is 2.12. The summed E-state index contributed by atoms with van der Waals surface area (Å²) in [6.07, 6.45) is 0. The molecule has 2 rings (SSSR count). The second-order valence-corrected chi connectivity index (χ2v) is 5.05. The fourth-order valence-electron chi connectivity index (χ4n) is 2.33. The van der Waals surface area contributed by atoms with Crippen LogP contribution in [0.25, 0.3) is 0 Å². The number of nitrogens with zero attached hydrogens (tertiary/aromatic N) is 2. The number of hydrogen-bond acceptors (Lipinski definition) is 3. The minimum atomic E-state index is 1.06. The van der Waals surface area contributed by atoms with Crippen LogP contribution in [0, 0.1) is 6.92 Å². The van der Waals surface area contributed by atoms with Gasteiger partial charge >= 0.3 is 0 Å². The summed E-state index contributed by atoms with van der Waals surface area (Å²) in [4.78, 5) is 4.73. The van der Waals surface area contributed by atoms with Gasteiger partial charge in [0.15, 0.2) is 0 Å². The van der Waals surface area contributed by atoms with Gasteiger partial charge in [-0.3, -0.25) is 4.90 Å². The van der Waals surface area contributed by atoms with Crippen molar-refractivity contribution in [3.8, 4) is 0 Å². The number of aryl methyl sites for hydroxylation is 1. The molecule has 1 heterocycles. The highest BCUT2D eigenvalue weighted by molar-refractivity contribution is 5.54. The molecule has 17 heavy (non-hydrogen) atoms. The summed E-state index contributed by atoms with van der Waals surface area (Å²) < 4.78 is 0. The van der Waals surface area contributed by atoms with Gasteiger partial charge < -0.3 is 10.2 Å². The zero-order valence-electron chi connectivity index (χ0n) is 11.2. The molecule has 1 aliphatic heterocycles. The minimum Gasteiger partial charge on any atom is -0.377 e. The Hall–Kier alpha value is -1.06. The molecule has 3 nitrogen and oxygen atoms in total. The second kappa shape index (κ2) is 5.52. The normalized spacial score (nSPS) is 17.1. The Kier molecular flexibility index (Phi) is 4.02. The number of nitrogens with one attached hydrogen (secondary N) is 1. The van der Waals surface area contributed by atoms with Gasteiger partial charge in [0.2, 0.25) is 0 Å². The quantitative estimate of drug-likeness (QED) is 0.853. The Labute approximate surface area is 104 Å². The molecule has 0 unspecified atom stereocenters. The molecular formula is C14H23N3. The number of rotatable bonds is 3. The Balaban J connectivity index is 2.13.